The molecule has 0 aromatic heterocycles. The number of amides is 1. The number of ether oxygens (including phenoxy) is 2. The Balaban J connectivity index is 2.41. The van der Waals surface area contributed by atoms with Crippen molar-refractivity contribution in [1.29, 1.82) is 0 Å². The number of thioether (sulfide) groups is 1. The molecule has 0 aliphatic carbocycles. The topological polar surface area (TPSA) is 119 Å². The van der Waals surface area contributed by atoms with E-state index in [2.05, 4.69) is 0 Å². The van der Waals surface area contributed by atoms with E-state index in [-0.39, 0.29) is 51.4 Å². The maximum atomic E-state index is 12.6. The quantitative estimate of drug-likeness (QED) is 0.297. The van der Waals surface area contributed by atoms with Crippen molar-refractivity contribution in [3.8, 4) is 11.5 Å². The molecule has 27 heavy (non-hydrogen) atoms. The van der Waals surface area contributed by atoms with Gasteiger partial charge < -0.3 is 14.6 Å². The second-order valence-corrected chi connectivity index (χ2v) is 7.00. The maximum Gasteiger partial charge on any atom is 0.321 e. The zero-order valence-corrected chi connectivity index (χ0v) is 16.1. The number of aliphatic carboxylic acids is 1. The Hall–Kier alpha value is -2.66. The molecule has 144 valence electrons. The highest BCUT2D eigenvalue weighted by Crippen LogP contribution is 2.41. The molecule has 1 N–H and O–H groups in total. The van der Waals surface area contributed by atoms with Gasteiger partial charge in [0.25, 0.3) is 5.91 Å². The van der Waals surface area contributed by atoms with Gasteiger partial charge in [0, 0.05) is 13.0 Å². The highest BCUT2D eigenvalue weighted by atomic mass is 32.2. The highest BCUT2D eigenvalue weighted by Gasteiger charge is 2.33. The predicted octanol–water partition coefficient (Wildman–Crippen LogP) is 2.68. The van der Waals surface area contributed by atoms with Gasteiger partial charge in [-0.1, -0.05) is 24.0 Å². The van der Waals surface area contributed by atoms with E-state index < -0.39 is 16.8 Å². The molecule has 11 heteroatoms. The van der Waals surface area contributed by atoms with E-state index in [9.17, 15) is 19.7 Å². The Bertz CT molecular complexity index is 838. The SMILES string of the molecule is COc1ccc(OC)c([N+](=O)[O-])c1/C=C1\SC(=S)N(CCCC(=O)O)C1=O. The van der Waals surface area contributed by atoms with Crippen molar-refractivity contribution in [1.82, 2.24) is 4.90 Å². The molecule has 1 saturated heterocycles. The molecule has 0 unspecified atom stereocenters. The molecule has 0 atom stereocenters. The lowest BCUT2D eigenvalue weighted by Gasteiger charge is -2.13. The third kappa shape index (κ3) is 4.55. The van der Waals surface area contributed by atoms with E-state index in [0.29, 0.717) is 0 Å². The predicted molar refractivity (Wildman–Crippen MR) is 103 cm³/mol. The number of carboxylic acid groups (broad SMARTS) is 1. The average Bonchev–Trinajstić information content (AvgIpc) is 2.88. The molecule has 1 amide bonds. The number of carbonyl (C=O) groups excluding carboxylic acids is 1. The normalized spacial score (nSPS) is 15.3. The first-order valence-electron chi connectivity index (χ1n) is 7.66. The zero-order valence-electron chi connectivity index (χ0n) is 14.5. The molecular weight excluding hydrogens is 396 g/mol. The van der Waals surface area contributed by atoms with Crippen LogP contribution in [-0.2, 0) is 9.59 Å². The van der Waals surface area contributed by atoms with Crippen molar-refractivity contribution in [3.63, 3.8) is 0 Å². The van der Waals surface area contributed by atoms with E-state index in [1.807, 2.05) is 0 Å². The van der Waals surface area contributed by atoms with Crippen molar-refractivity contribution in [2.75, 3.05) is 20.8 Å². The minimum atomic E-state index is -0.965. The smallest absolute Gasteiger partial charge is 0.321 e. The van der Waals surface area contributed by atoms with Crippen LogP contribution in [0.4, 0.5) is 5.69 Å². The molecular formula is C16H16N2O7S2. The van der Waals surface area contributed by atoms with Gasteiger partial charge in [-0.15, -0.1) is 0 Å². The fraction of sp³-hybridized carbons (Fsp3) is 0.312. The summed E-state index contributed by atoms with van der Waals surface area (Å²) in [5.41, 5.74) is -0.235. The van der Waals surface area contributed by atoms with E-state index in [4.69, 9.17) is 26.8 Å². The standard InChI is InChI=1S/C16H16N2O7S2/c1-24-10-5-6-11(25-2)14(18(22)23)9(10)8-12-15(21)17(16(26)27-12)7-3-4-13(19)20/h5-6,8H,3-4,7H2,1-2H3,(H,19,20)/b12-8-. The van der Waals surface area contributed by atoms with Crippen LogP contribution in [0, 0.1) is 10.1 Å². The Morgan fingerprint density at radius 1 is 1.37 bits per heavy atom. The van der Waals surface area contributed by atoms with Crippen molar-refractivity contribution in [2.45, 2.75) is 12.8 Å². The number of carboxylic acids is 1. The maximum absolute atomic E-state index is 12.6. The Morgan fingerprint density at radius 3 is 2.56 bits per heavy atom. The Labute approximate surface area is 164 Å². The van der Waals surface area contributed by atoms with Crippen molar-refractivity contribution >= 4 is 51.9 Å². The van der Waals surface area contributed by atoms with Crippen LogP contribution in [0.15, 0.2) is 17.0 Å². The first kappa shape index (κ1) is 20.6. The van der Waals surface area contributed by atoms with E-state index in [0.717, 1.165) is 11.8 Å². The summed E-state index contributed by atoms with van der Waals surface area (Å²) in [4.78, 5) is 35.6. The summed E-state index contributed by atoms with van der Waals surface area (Å²) in [5, 5.41) is 20.2. The molecule has 1 aliphatic heterocycles. The van der Waals surface area contributed by atoms with Gasteiger partial charge in [0.15, 0.2) is 5.75 Å². The largest absolute Gasteiger partial charge is 0.496 e. The van der Waals surface area contributed by atoms with Crippen LogP contribution in [-0.4, -0.2) is 51.9 Å². The Kier molecular flexibility index (Phi) is 6.75. The molecule has 2 rings (SSSR count). The lowest BCUT2D eigenvalue weighted by molar-refractivity contribution is -0.386. The lowest BCUT2D eigenvalue weighted by atomic mass is 10.1. The number of nitrogens with zero attached hydrogens (tertiary/aromatic N) is 2. The van der Waals surface area contributed by atoms with Crippen LogP contribution in [0.25, 0.3) is 6.08 Å². The molecule has 1 aliphatic rings. The second kappa shape index (κ2) is 8.82. The molecule has 1 aromatic rings. The number of methoxy groups -OCH3 is 2. The number of nitro benzene ring substituents is 1. The summed E-state index contributed by atoms with van der Waals surface area (Å²) in [6.07, 6.45) is 1.50. The minimum Gasteiger partial charge on any atom is -0.496 e. The molecule has 1 aromatic carbocycles. The van der Waals surface area contributed by atoms with Gasteiger partial charge in [0.2, 0.25) is 0 Å². The summed E-state index contributed by atoms with van der Waals surface area (Å²) in [6, 6.07) is 2.91. The molecule has 0 spiro atoms. The first-order chi connectivity index (χ1) is 12.8. The molecule has 0 saturated carbocycles. The number of hydrogen-bond donors (Lipinski definition) is 1. The second-order valence-electron chi connectivity index (χ2n) is 5.32. The molecule has 1 heterocycles. The molecule has 1 fully saturated rings. The van der Waals surface area contributed by atoms with Crippen molar-refractivity contribution < 1.29 is 29.1 Å². The van der Waals surface area contributed by atoms with Crippen molar-refractivity contribution in [2.24, 2.45) is 0 Å². The minimum absolute atomic E-state index is 0.0315. The van der Waals surface area contributed by atoms with E-state index in [1.54, 1.807) is 0 Å². The number of rotatable bonds is 8. The summed E-state index contributed by atoms with van der Waals surface area (Å²) in [5.74, 6) is -1.16. The monoisotopic (exact) mass is 412 g/mol. The average molecular weight is 412 g/mol. The van der Waals surface area contributed by atoms with E-state index in [1.165, 1.54) is 37.3 Å². The van der Waals surface area contributed by atoms with Crippen LogP contribution in [0.1, 0.15) is 18.4 Å². The van der Waals surface area contributed by atoms with Gasteiger partial charge >= 0.3 is 11.7 Å². The van der Waals surface area contributed by atoms with Gasteiger partial charge in [-0.2, -0.15) is 0 Å². The van der Waals surface area contributed by atoms with Crippen LogP contribution < -0.4 is 9.47 Å². The van der Waals surface area contributed by atoms with Gasteiger partial charge in [-0.3, -0.25) is 24.6 Å². The van der Waals surface area contributed by atoms with Crippen molar-refractivity contribution in [3.05, 3.63) is 32.7 Å². The highest BCUT2D eigenvalue weighted by molar-refractivity contribution is 8.26. The number of nitro groups is 1. The zero-order chi connectivity index (χ0) is 20.1. The van der Waals surface area contributed by atoms with Crippen LogP contribution >= 0.6 is 24.0 Å². The number of thiocarbonyl (C=S) groups is 1. The third-order valence-electron chi connectivity index (χ3n) is 3.68. The first-order valence-corrected chi connectivity index (χ1v) is 8.89. The lowest BCUT2D eigenvalue weighted by Crippen LogP contribution is -2.29. The molecule has 0 radical (unpaired) electrons. The molecule has 9 nitrogen and oxygen atoms in total. The third-order valence-corrected chi connectivity index (χ3v) is 5.06. The summed E-state index contributed by atoms with van der Waals surface area (Å²) < 4.78 is 10.5. The van der Waals surface area contributed by atoms with Gasteiger partial charge in [-0.25, -0.2) is 0 Å². The van der Waals surface area contributed by atoms with Gasteiger partial charge in [-0.05, 0) is 24.6 Å². The summed E-state index contributed by atoms with van der Waals surface area (Å²) in [6.45, 7) is 0.158. The Morgan fingerprint density at radius 2 is 2.00 bits per heavy atom. The van der Waals surface area contributed by atoms with Crippen LogP contribution in [0.2, 0.25) is 0 Å². The molecule has 0 bridgehead atoms. The summed E-state index contributed by atoms with van der Waals surface area (Å²) in [7, 11) is 2.67. The van der Waals surface area contributed by atoms with Gasteiger partial charge in [0.05, 0.1) is 29.6 Å². The number of hydrogen-bond acceptors (Lipinski definition) is 8. The van der Waals surface area contributed by atoms with E-state index >= 15 is 0 Å². The summed E-state index contributed by atoms with van der Waals surface area (Å²) >= 11 is 6.17. The fourth-order valence-electron chi connectivity index (χ4n) is 2.45. The number of carbonyl (C=O) groups is 2. The van der Waals surface area contributed by atoms with Crippen LogP contribution in [0.5, 0.6) is 11.5 Å². The number of benzene rings is 1. The van der Waals surface area contributed by atoms with Crippen LogP contribution in [0.3, 0.4) is 0 Å². The van der Waals surface area contributed by atoms with Gasteiger partial charge in [0.1, 0.15) is 10.1 Å². The fourth-order valence-corrected chi connectivity index (χ4v) is 3.74.